The Morgan fingerprint density at radius 3 is 2.61 bits per heavy atom. The van der Waals surface area contributed by atoms with Gasteiger partial charge in [0.25, 0.3) is 0 Å². The van der Waals surface area contributed by atoms with Crippen molar-refractivity contribution in [1.82, 2.24) is 5.32 Å². The molecule has 0 amide bonds. The zero-order valence-corrected chi connectivity index (χ0v) is 11.9. The van der Waals surface area contributed by atoms with E-state index < -0.39 is 0 Å². The molecule has 1 N–H and O–H groups in total. The largest absolute Gasteiger partial charge is 0.370 e. The van der Waals surface area contributed by atoms with E-state index in [-0.39, 0.29) is 0 Å². The molecule has 0 spiro atoms. The van der Waals surface area contributed by atoms with E-state index >= 15 is 0 Å². The van der Waals surface area contributed by atoms with Gasteiger partial charge in [0.2, 0.25) is 0 Å². The number of benzene rings is 1. The molecule has 0 aromatic heterocycles. The summed E-state index contributed by atoms with van der Waals surface area (Å²) in [6, 6.07) is 11.4. The zero-order valence-electron chi connectivity index (χ0n) is 11.9. The molecular weight excluding hydrogens is 220 g/mol. The first-order valence-corrected chi connectivity index (χ1v) is 7.08. The second-order valence-corrected chi connectivity index (χ2v) is 6.56. The average Bonchev–Trinajstić information content (AvgIpc) is 2.37. The molecule has 1 aliphatic heterocycles. The third-order valence-electron chi connectivity index (χ3n) is 3.46. The van der Waals surface area contributed by atoms with Gasteiger partial charge in [-0.1, -0.05) is 39.0 Å². The van der Waals surface area contributed by atoms with Crippen LogP contribution in [0.2, 0.25) is 0 Å². The van der Waals surface area contributed by atoms with Crippen LogP contribution in [0.3, 0.4) is 0 Å². The third kappa shape index (κ3) is 4.02. The van der Waals surface area contributed by atoms with Gasteiger partial charge in [-0.3, -0.25) is 0 Å². The Kier molecular flexibility index (Phi) is 4.28. The average molecular weight is 246 g/mol. The molecule has 2 rings (SSSR count). The molecule has 1 aliphatic rings. The molecule has 1 fully saturated rings. The molecule has 0 radical (unpaired) electrons. The van der Waals surface area contributed by atoms with E-state index in [9.17, 15) is 0 Å². The van der Waals surface area contributed by atoms with E-state index in [1.807, 2.05) is 0 Å². The van der Waals surface area contributed by atoms with E-state index in [1.165, 1.54) is 25.1 Å². The van der Waals surface area contributed by atoms with Crippen molar-refractivity contribution in [2.45, 2.75) is 39.7 Å². The number of nitrogens with zero attached hydrogens (tertiary/aromatic N) is 1. The molecular formula is C16H26N2. The Morgan fingerprint density at radius 2 is 1.94 bits per heavy atom. The molecule has 0 bridgehead atoms. The van der Waals surface area contributed by atoms with E-state index in [0.717, 1.165) is 13.1 Å². The SMILES string of the molecule is CC(C)(C)CNC1CCCN(c2ccccc2)C1. The quantitative estimate of drug-likeness (QED) is 0.880. The molecule has 1 atom stereocenters. The van der Waals surface area contributed by atoms with Crippen LogP contribution in [0.1, 0.15) is 33.6 Å². The lowest BCUT2D eigenvalue weighted by molar-refractivity contribution is 0.328. The topological polar surface area (TPSA) is 15.3 Å². The van der Waals surface area contributed by atoms with E-state index in [0.29, 0.717) is 11.5 Å². The van der Waals surface area contributed by atoms with Crippen molar-refractivity contribution < 1.29 is 0 Å². The fourth-order valence-corrected chi connectivity index (χ4v) is 2.47. The van der Waals surface area contributed by atoms with Gasteiger partial charge in [0, 0.05) is 31.4 Å². The highest BCUT2D eigenvalue weighted by atomic mass is 15.2. The summed E-state index contributed by atoms with van der Waals surface area (Å²) in [6.07, 6.45) is 2.59. The highest BCUT2D eigenvalue weighted by Gasteiger charge is 2.21. The summed E-state index contributed by atoms with van der Waals surface area (Å²) in [5.41, 5.74) is 1.73. The molecule has 0 saturated carbocycles. The maximum atomic E-state index is 3.72. The van der Waals surface area contributed by atoms with Crippen LogP contribution >= 0.6 is 0 Å². The first kappa shape index (κ1) is 13.4. The second-order valence-electron chi connectivity index (χ2n) is 6.56. The van der Waals surface area contributed by atoms with E-state index in [2.05, 4.69) is 61.3 Å². The number of hydrogen-bond acceptors (Lipinski definition) is 2. The van der Waals surface area contributed by atoms with Crippen LogP contribution in [-0.2, 0) is 0 Å². The highest BCUT2D eigenvalue weighted by molar-refractivity contribution is 5.46. The van der Waals surface area contributed by atoms with Crippen LogP contribution in [0, 0.1) is 5.41 Å². The molecule has 0 aliphatic carbocycles. The predicted octanol–water partition coefficient (Wildman–Crippen LogP) is 3.29. The first-order chi connectivity index (χ1) is 8.54. The van der Waals surface area contributed by atoms with Crippen molar-refractivity contribution in [1.29, 1.82) is 0 Å². The van der Waals surface area contributed by atoms with Crippen molar-refractivity contribution in [3.63, 3.8) is 0 Å². The fourth-order valence-electron chi connectivity index (χ4n) is 2.47. The molecule has 1 aromatic carbocycles. The minimum absolute atomic E-state index is 0.370. The molecule has 18 heavy (non-hydrogen) atoms. The summed E-state index contributed by atoms with van der Waals surface area (Å²) in [4.78, 5) is 2.50. The summed E-state index contributed by atoms with van der Waals surface area (Å²) >= 11 is 0. The normalized spacial score (nSPS) is 21.1. The van der Waals surface area contributed by atoms with Crippen molar-refractivity contribution in [3.8, 4) is 0 Å². The number of piperidine rings is 1. The maximum Gasteiger partial charge on any atom is 0.0366 e. The highest BCUT2D eigenvalue weighted by Crippen LogP contribution is 2.20. The monoisotopic (exact) mass is 246 g/mol. The standard InChI is InChI=1S/C16H26N2/c1-16(2,3)13-17-14-8-7-11-18(12-14)15-9-5-4-6-10-15/h4-6,9-10,14,17H,7-8,11-13H2,1-3H3. The lowest BCUT2D eigenvalue weighted by Crippen LogP contribution is -2.47. The van der Waals surface area contributed by atoms with Gasteiger partial charge in [-0.25, -0.2) is 0 Å². The van der Waals surface area contributed by atoms with Gasteiger partial charge in [0.15, 0.2) is 0 Å². The number of para-hydroxylation sites is 1. The van der Waals surface area contributed by atoms with Gasteiger partial charge in [-0.15, -0.1) is 0 Å². The van der Waals surface area contributed by atoms with Crippen LogP contribution in [0.25, 0.3) is 0 Å². The maximum absolute atomic E-state index is 3.72. The minimum Gasteiger partial charge on any atom is -0.370 e. The minimum atomic E-state index is 0.370. The van der Waals surface area contributed by atoms with Crippen LogP contribution in [0.4, 0.5) is 5.69 Å². The van der Waals surface area contributed by atoms with Gasteiger partial charge in [0.05, 0.1) is 0 Å². The Labute approximate surface area is 111 Å². The van der Waals surface area contributed by atoms with Crippen LogP contribution in [0.5, 0.6) is 0 Å². The fraction of sp³-hybridized carbons (Fsp3) is 0.625. The number of rotatable bonds is 3. The van der Waals surface area contributed by atoms with Gasteiger partial charge < -0.3 is 10.2 Å². The number of nitrogens with one attached hydrogen (secondary N) is 1. The zero-order chi connectivity index (χ0) is 13.0. The Bertz CT molecular complexity index is 353. The van der Waals surface area contributed by atoms with Crippen molar-refractivity contribution in [2.24, 2.45) is 5.41 Å². The van der Waals surface area contributed by atoms with E-state index in [1.54, 1.807) is 0 Å². The Morgan fingerprint density at radius 1 is 1.22 bits per heavy atom. The van der Waals surface area contributed by atoms with Crippen molar-refractivity contribution in [2.75, 3.05) is 24.5 Å². The van der Waals surface area contributed by atoms with E-state index in [4.69, 9.17) is 0 Å². The third-order valence-corrected chi connectivity index (χ3v) is 3.46. The summed E-state index contributed by atoms with van der Waals surface area (Å²) in [5, 5.41) is 3.72. The summed E-state index contributed by atoms with van der Waals surface area (Å²) < 4.78 is 0. The molecule has 2 nitrogen and oxygen atoms in total. The van der Waals surface area contributed by atoms with Crippen molar-refractivity contribution >= 4 is 5.69 Å². The van der Waals surface area contributed by atoms with Gasteiger partial charge in [0.1, 0.15) is 0 Å². The van der Waals surface area contributed by atoms with Crippen molar-refractivity contribution in [3.05, 3.63) is 30.3 Å². The second kappa shape index (κ2) is 5.75. The lowest BCUT2D eigenvalue weighted by atomic mass is 9.95. The smallest absolute Gasteiger partial charge is 0.0366 e. The Balaban J connectivity index is 1.89. The van der Waals surface area contributed by atoms with Gasteiger partial charge >= 0.3 is 0 Å². The molecule has 100 valence electrons. The van der Waals surface area contributed by atoms with Crippen LogP contribution in [-0.4, -0.2) is 25.7 Å². The number of anilines is 1. The summed E-state index contributed by atoms with van der Waals surface area (Å²) in [5.74, 6) is 0. The van der Waals surface area contributed by atoms with Gasteiger partial charge in [-0.05, 0) is 30.4 Å². The first-order valence-electron chi connectivity index (χ1n) is 7.08. The van der Waals surface area contributed by atoms with Gasteiger partial charge in [-0.2, -0.15) is 0 Å². The lowest BCUT2D eigenvalue weighted by Gasteiger charge is -2.36. The Hall–Kier alpha value is -1.02. The molecule has 1 saturated heterocycles. The molecule has 2 heteroatoms. The molecule has 1 heterocycles. The van der Waals surface area contributed by atoms with Crippen LogP contribution in [0.15, 0.2) is 30.3 Å². The van der Waals surface area contributed by atoms with Crippen LogP contribution < -0.4 is 10.2 Å². The summed E-state index contributed by atoms with van der Waals surface area (Å²) in [7, 11) is 0. The summed E-state index contributed by atoms with van der Waals surface area (Å²) in [6.45, 7) is 10.3. The predicted molar refractivity (Wildman–Crippen MR) is 79.1 cm³/mol. The number of hydrogen-bond donors (Lipinski definition) is 1. The molecule has 1 aromatic rings. The molecule has 1 unspecified atom stereocenters.